The number of pyridine rings is 1. The summed E-state index contributed by atoms with van der Waals surface area (Å²) in [5.74, 6) is 0. The highest BCUT2D eigenvalue weighted by atomic mass is 19.4. The van der Waals surface area contributed by atoms with Gasteiger partial charge < -0.3 is 5.73 Å². The lowest BCUT2D eigenvalue weighted by atomic mass is 10.2. The van der Waals surface area contributed by atoms with Gasteiger partial charge >= 0.3 is 6.18 Å². The molecule has 0 bridgehead atoms. The van der Waals surface area contributed by atoms with Crippen LogP contribution in [0.2, 0.25) is 0 Å². The van der Waals surface area contributed by atoms with E-state index >= 15 is 0 Å². The van der Waals surface area contributed by atoms with Crippen molar-refractivity contribution in [2.45, 2.75) is 32.6 Å². The van der Waals surface area contributed by atoms with Crippen LogP contribution in [0.25, 0.3) is 0 Å². The van der Waals surface area contributed by atoms with Gasteiger partial charge in [0.1, 0.15) is 0 Å². The lowest BCUT2D eigenvalue weighted by molar-refractivity contribution is -0.147. The fraction of sp³-hybridized carbons (Fsp3) is 0.583. The van der Waals surface area contributed by atoms with E-state index < -0.39 is 12.7 Å². The molecule has 18 heavy (non-hydrogen) atoms. The Kier molecular flexibility index (Phi) is 5.55. The van der Waals surface area contributed by atoms with Crippen molar-refractivity contribution < 1.29 is 13.2 Å². The van der Waals surface area contributed by atoms with Crippen LogP contribution in [-0.4, -0.2) is 29.1 Å². The van der Waals surface area contributed by atoms with Gasteiger partial charge in [0.25, 0.3) is 0 Å². The lowest BCUT2D eigenvalue weighted by Gasteiger charge is -2.22. The molecule has 0 aliphatic rings. The molecular weight excluding hydrogens is 243 g/mol. The Bertz CT molecular complexity index is 349. The fourth-order valence-corrected chi connectivity index (χ4v) is 1.68. The topological polar surface area (TPSA) is 42.1 Å². The van der Waals surface area contributed by atoms with Gasteiger partial charge in [-0.05, 0) is 24.6 Å². The van der Waals surface area contributed by atoms with E-state index in [1.165, 1.54) is 4.90 Å². The van der Waals surface area contributed by atoms with Crippen molar-refractivity contribution in [1.82, 2.24) is 9.88 Å². The van der Waals surface area contributed by atoms with Crippen molar-refractivity contribution >= 4 is 0 Å². The van der Waals surface area contributed by atoms with E-state index in [2.05, 4.69) is 4.98 Å². The first kappa shape index (κ1) is 14.9. The van der Waals surface area contributed by atoms with Crippen molar-refractivity contribution in [2.75, 3.05) is 13.1 Å². The Hall–Kier alpha value is -1.14. The summed E-state index contributed by atoms with van der Waals surface area (Å²) >= 11 is 0. The zero-order chi connectivity index (χ0) is 13.6. The van der Waals surface area contributed by atoms with Gasteiger partial charge in [0, 0.05) is 19.3 Å². The molecule has 0 saturated carbocycles. The Labute approximate surface area is 105 Å². The van der Waals surface area contributed by atoms with Crippen molar-refractivity contribution in [1.29, 1.82) is 0 Å². The Morgan fingerprint density at radius 1 is 1.33 bits per heavy atom. The molecule has 0 aliphatic carbocycles. The number of nitrogens with zero attached hydrogens (tertiary/aromatic N) is 2. The van der Waals surface area contributed by atoms with Crippen LogP contribution in [0, 0.1) is 0 Å². The highest BCUT2D eigenvalue weighted by molar-refractivity contribution is 5.13. The molecule has 0 fully saturated rings. The summed E-state index contributed by atoms with van der Waals surface area (Å²) in [5.41, 5.74) is 6.93. The Balaban J connectivity index is 2.64. The summed E-state index contributed by atoms with van der Waals surface area (Å²) in [6.45, 7) is 1.95. The maximum absolute atomic E-state index is 12.4. The molecule has 0 radical (unpaired) electrons. The Morgan fingerprint density at radius 3 is 2.50 bits per heavy atom. The van der Waals surface area contributed by atoms with Crippen LogP contribution in [-0.2, 0) is 13.1 Å². The van der Waals surface area contributed by atoms with Crippen LogP contribution in [0.15, 0.2) is 18.3 Å². The van der Waals surface area contributed by atoms with Crippen LogP contribution in [0.1, 0.15) is 24.6 Å². The van der Waals surface area contributed by atoms with E-state index in [1.807, 2.05) is 6.92 Å². The van der Waals surface area contributed by atoms with Crippen LogP contribution < -0.4 is 5.73 Å². The van der Waals surface area contributed by atoms with Crippen molar-refractivity contribution in [3.05, 3.63) is 29.6 Å². The summed E-state index contributed by atoms with van der Waals surface area (Å²) in [6, 6.07) is 3.52. The molecule has 2 N–H and O–H groups in total. The van der Waals surface area contributed by atoms with E-state index in [1.54, 1.807) is 18.3 Å². The van der Waals surface area contributed by atoms with Gasteiger partial charge in [-0.1, -0.05) is 13.0 Å². The summed E-state index contributed by atoms with van der Waals surface area (Å²) in [6.07, 6.45) is -1.89. The fourth-order valence-electron chi connectivity index (χ4n) is 1.68. The largest absolute Gasteiger partial charge is 0.401 e. The van der Waals surface area contributed by atoms with Gasteiger partial charge in [-0.3, -0.25) is 9.88 Å². The smallest absolute Gasteiger partial charge is 0.326 e. The average molecular weight is 261 g/mol. The van der Waals surface area contributed by atoms with E-state index in [-0.39, 0.29) is 6.54 Å². The molecule has 0 aromatic carbocycles. The minimum absolute atomic E-state index is 0.207. The predicted molar refractivity (Wildman–Crippen MR) is 63.8 cm³/mol. The molecule has 1 aromatic rings. The van der Waals surface area contributed by atoms with E-state index in [9.17, 15) is 13.2 Å². The molecule has 6 heteroatoms. The number of aromatic nitrogens is 1. The summed E-state index contributed by atoms with van der Waals surface area (Å²) in [7, 11) is 0. The third-order valence-corrected chi connectivity index (χ3v) is 2.45. The van der Waals surface area contributed by atoms with E-state index in [0.717, 1.165) is 5.56 Å². The first-order valence-electron chi connectivity index (χ1n) is 5.87. The van der Waals surface area contributed by atoms with Gasteiger partial charge in [-0.2, -0.15) is 13.2 Å². The summed E-state index contributed by atoms with van der Waals surface area (Å²) in [5, 5.41) is 0. The van der Waals surface area contributed by atoms with Crippen molar-refractivity contribution in [3.8, 4) is 0 Å². The average Bonchev–Trinajstić information content (AvgIpc) is 2.28. The molecule has 1 heterocycles. The van der Waals surface area contributed by atoms with Gasteiger partial charge in [-0.25, -0.2) is 0 Å². The minimum atomic E-state index is -4.17. The molecule has 0 amide bonds. The highest BCUT2D eigenvalue weighted by Gasteiger charge is 2.30. The van der Waals surface area contributed by atoms with Gasteiger partial charge in [0.2, 0.25) is 0 Å². The molecule has 0 saturated heterocycles. The number of rotatable bonds is 6. The highest BCUT2D eigenvalue weighted by Crippen LogP contribution is 2.18. The number of nitrogens with two attached hydrogens (primary N) is 1. The standard InChI is InChI=1S/C12H18F3N3/c1-2-5-18(9-12(13,14)15)8-11-4-3-10(6-16)7-17-11/h3-4,7H,2,5-6,8-9,16H2,1H3. The number of alkyl halides is 3. The maximum Gasteiger partial charge on any atom is 0.401 e. The molecule has 1 rings (SSSR count). The van der Waals surface area contributed by atoms with Gasteiger partial charge in [-0.15, -0.1) is 0 Å². The monoisotopic (exact) mass is 261 g/mol. The van der Waals surface area contributed by atoms with Crippen LogP contribution in [0.4, 0.5) is 13.2 Å². The van der Waals surface area contributed by atoms with Gasteiger partial charge in [0.05, 0.1) is 12.2 Å². The lowest BCUT2D eigenvalue weighted by Crippen LogP contribution is -2.34. The zero-order valence-electron chi connectivity index (χ0n) is 10.4. The zero-order valence-corrected chi connectivity index (χ0v) is 10.4. The first-order valence-corrected chi connectivity index (χ1v) is 5.87. The third kappa shape index (κ3) is 5.46. The second-order valence-electron chi connectivity index (χ2n) is 4.19. The molecule has 0 aliphatic heterocycles. The number of halogens is 3. The molecule has 0 unspecified atom stereocenters. The van der Waals surface area contributed by atoms with Gasteiger partial charge in [0.15, 0.2) is 0 Å². The third-order valence-electron chi connectivity index (χ3n) is 2.45. The number of hydrogen-bond donors (Lipinski definition) is 1. The molecule has 102 valence electrons. The number of hydrogen-bond acceptors (Lipinski definition) is 3. The Morgan fingerprint density at radius 2 is 2.06 bits per heavy atom. The van der Waals surface area contributed by atoms with E-state index in [4.69, 9.17) is 5.73 Å². The van der Waals surface area contributed by atoms with Crippen molar-refractivity contribution in [2.24, 2.45) is 5.73 Å². The maximum atomic E-state index is 12.4. The second kappa shape index (κ2) is 6.70. The minimum Gasteiger partial charge on any atom is -0.326 e. The molecule has 0 spiro atoms. The molecule has 1 aromatic heterocycles. The summed E-state index contributed by atoms with van der Waals surface area (Å²) < 4.78 is 37.1. The quantitative estimate of drug-likeness (QED) is 0.854. The summed E-state index contributed by atoms with van der Waals surface area (Å²) in [4.78, 5) is 5.46. The van der Waals surface area contributed by atoms with Crippen LogP contribution in [0.5, 0.6) is 0 Å². The van der Waals surface area contributed by atoms with Crippen molar-refractivity contribution in [3.63, 3.8) is 0 Å². The molecular formula is C12H18F3N3. The molecule has 0 atom stereocenters. The SMILES string of the molecule is CCCN(Cc1ccc(CN)cn1)CC(F)(F)F. The van der Waals surface area contributed by atoms with Crippen LogP contribution in [0.3, 0.4) is 0 Å². The van der Waals surface area contributed by atoms with E-state index in [0.29, 0.717) is 25.2 Å². The van der Waals surface area contributed by atoms with Crippen LogP contribution >= 0.6 is 0 Å². The first-order chi connectivity index (χ1) is 8.44. The normalized spacial score (nSPS) is 12.1. The second-order valence-corrected chi connectivity index (χ2v) is 4.19. The predicted octanol–water partition coefficient (Wildman–Crippen LogP) is 2.31. The molecule has 3 nitrogen and oxygen atoms in total.